The summed E-state index contributed by atoms with van der Waals surface area (Å²) in [6, 6.07) is 12.2. The fourth-order valence-electron chi connectivity index (χ4n) is 2.10. The molecule has 7 heteroatoms. The predicted molar refractivity (Wildman–Crippen MR) is 105 cm³/mol. The molecule has 0 fully saturated rings. The van der Waals surface area contributed by atoms with Gasteiger partial charge < -0.3 is 15.7 Å². The highest BCUT2D eigenvalue weighted by Gasteiger charge is 2.05. The minimum atomic E-state index is -0.0771. The van der Waals surface area contributed by atoms with Gasteiger partial charge in [0.1, 0.15) is 5.75 Å². The van der Waals surface area contributed by atoms with Gasteiger partial charge in [0.2, 0.25) is 5.91 Å². The Bertz CT molecular complexity index is 751. The highest BCUT2D eigenvalue weighted by Crippen LogP contribution is 2.22. The lowest BCUT2D eigenvalue weighted by Crippen LogP contribution is -2.35. The molecule has 0 aliphatic carbocycles. The van der Waals surface area contributed by atoms with Crippen LogP contribution in [0, 0.1) is 0 Å². The van der Waals surface area contributed by atoms with Gasteiger partial charge in [-0.15, -0.1) is 0 Å². The monoisotopic (exact) mass is 396 g/mol. The molecular formula is C18H18Cl2N2O2S. The first kappa shape index (κ1) is 19.5. The van der Waals surface area contributed by atoms with E-state index in [0.717, 1.165) is 11.1 Å². The van der Waals surface area contributed by atoms with Crippen LogP contribution in [0.25, 0.3) is 0 Å². The topological polar surface area (TPSA) is 61.4 Å². The lowest BCUT2D eigenvalue weighted by atomic mass is 10.1. The molecule has 2 aromatic carbocycles. The van der Waals surface area contributed by atoms with Crippen LogP contribution in [0.1, 0.15) is 17.5 Å². The summed E-state index contributed by atoms with van der Waals surface area (Å²) in [4.78, 5) is 12.4. The van der Waals surface area contributed by atoms with Crippen LogP contribution < -0.4 is 10.6 Å². The van der Waals surface area contributed by atoms with Gasteiger partial charge in [0, 0.05) is 13.0 Å². The van der Waals surface area contributed by atoms with Crippen molar-refractivity contribution in [3.05, 3.63) is 63.6 Å². The van der Waals surface area contributed by atoms with Gasteiger partial charge in [-0.05, 0) is 41.8 Å². The lowest BCUT2D eigenvalue weighted by molar-refractivity contribution is -0.120. The van der Waals surface area contributed by atoms with Crippen molar-refractivity contribution in [3.63, 3.8) is 0 Å². The molecule has 132 valence electrons. The van der Waals surface area contributed by atoms with Gasteiger partial charge in [0.15, 0.2) is 0 Å². The molecule has 25 heavy (non-hydrogen) atoms. The Hall–Kier alpha value is -1.82. The zero-order chi connectivity index (χ0) is 18.2. The van der Waals surface area contributed by atoms with Crippen LogP contribution in [-0.4, -0.2) is 22.5 Å². The Morgan fingerprint density at radius 2 is 1.68 bits per heavy atom. The van der Waals surface area contributed by atoms with Crippen molar-refractivity contribution in [1.29, 1.82) is 0 Å². The van der Waals surface area contributed by atoms with Crippen molar-refractivity contribution in [1.82, 2.24) is 10.6 Å². The molecule has 0 unspecified atom stereocenters. The van der Waals surface area contributed by atoms with E-state index < -0.39 is 0 Å². The van der Waals surface area contributed by atoms with Gasteiger partial charge in [0.05, 0.1) is 21.6 Å². The molecule has 0 bridgehead atoms. The second-order valence-corrected chi connectivity index (χ2v) is 6.78. The van der Waals surface area contributed by atoms with Crippen LogP contribution in [-0.2, 0) is 17.8 Å². The number of halogens is 2. The van der Waals surface area contributed by atoms with Crippen LogP contribution in [0.15, 0.2) is 42.5 Å². The van der Waals surface area contributed by atoms with Gasteiger partial charge in [-0.2, -0.15) is 0 Å². The van der Waals surface area contributed by atoms with Crippen molar-refractivity contribution >= 4 is 46.3 Å². The fourth-order valence-corrected chi connectivity index (χ4v) is 2.57. The quantitative estimate of drug-likeness (QED) is 0.621. The van der Waals surface area contributed by atoms with Gasteiger partial charge in [0.25, 0.3) is 0 Å². The summed E-state index contributed by atoms with van der Waals surface area (Å²) in [6.07, 6.45) is 0.968. The maximum absolute atomic E-state index is 11.9. The average Bonchev–Trinajstić information content (AvgIpc) is 2.60. The van der Waals surface area contributed by atoms with Crippen molar-refractivity contribution in [3.8, 4) is 5.75 Å². The Balaban J connectivity index is 1.67. The Morgan fingerprint density at radius 3 is 2.36 bits per heavy atom. The minimum Gasteiger partial charge on any atom is -0.508 e. The van der Waals surface area contributed by atoms with Crippen molar-refractivity contribution in [2.75, 3.05) is 6.54 Å². The maximum Gasteiger partial charge on any atom is 0.220 e. The van der Waals surface area contributed by atoms with Crippen LogP contribution in [0.5, 0.6) is 5.75 Å². The summed E-state index contributed by atoms with van der Waals surface area (Å²) in [5, 5.41) is 16.1. The number of aromatic hydroxyl groups is 1. The molecule has 0 atom stereocenters. The van der Waals surface area contributed by atoms with E-state index in [1.807, 2.05) is 6.07 Å². The number of benzene rings is 2. The minimum absolute atomic E-state index is 0.0771. The number of carbonyl (C=O) groups is 1. The van der Waals surface area contributed by atoms with E-state index >= 15 is 0 Å². The van der Waals surface area contributed by atoms with E-state index in [-0.39, 0.29) is 18.2 Å². The summed E-state index contributed by atoms with van der Waals surface area (Å²) < 4.78 is 0. The number of aryl methyl sites for hydroxylation is 1. The van der Waals surface area contributed by atoms with Gasteiger partial charge in [-0.1, -0.05) is 53.6 Å². The van der Waals surface area contributed by atoms with E-state index in [1.165, 1.54) is 0 Å². The largest absolute Gasteiger partial charge is 0.508 e. The van der Waals surface area contributed by atoms with Gasteiger partial charge >= 0.3 is 0 Å². The highest BCUT2D eigenvalue weighted by atomic mass is 35.5. The van der Waals surface area contributed by atoms with Crippen molar-refractivity contribution in [2.24, 2.45) is 0 Å². The van der Waals surface area contributed by atoms with E-state index in [1.54, 1.807) is 36.4 Å². The van der Waals surface area contributed by atoms with E-state index in [9.17, 15) is 9.90 Å². The zero-order valence-corrected chi connectivity index (χ0v) is 15.7. The molecule has 0 aliphatic rings. The maximum atomic E-state index is 11.9. The Morgan fingerprint density at radius 1 is 1.00 bits per heavy atom. The van der Waals surface area contributed by atoms with Crippen LogP contribution in [0.3, 0.4) is 0 Å². The number of hydrogen-bond acceptors (Lipinski definition) is 3. The molecule has 2 aromatic rings. The predicted octanol–water partition coefficient (Wildman–Crippen LogP) is 3.87. The number of nitrogens with one attached hydrogen (secondary N) is 2. The molecule has 0 spiro atoms. The molecule has 0 aliphatic heterocycles. The fraction of sp³-hybridized carbons (Fsp3) is 0.222. The highest BCUT2D eigenvalue weighted by molar-refractivity contribution is 7.80. The van der Waals surface area contributed by atoms with Gasteiger partial charge in [-0.3, -0.25) is 4.79 Å². The summed E-state index contributed by atoms with van der Waals surface area (Å²) >= 11 is 17.0. The number of hydrogen-bond donors (Lipinski definition) is 3. The molecule has 0 heterocycles. The summed E-state index contributed by atoms with van der Waals surface area (Å²) in [7, 11) is 0. The van der Waals surface area contributed by atoms with E-state index in [4.69, 9.17) is 35.4 Å². The molecule has 0 radical (unpaired) electrons. The third kappa shape index (κ3) is 6.90. The summed E-state index contributed by atoms with van der Waals surface area (Å²) in [6.45, 7) is 0.796. The molecule has 0 saturated heterocycles. The van der Waals surface area contributed by atoms with E-state index in [2.05, 4.69) is 10.6 Å². The van der Waals surface area contributed by atoms with Crippen LogP contribution in [0.2, 0.25) is 10.0 Å². The number of carbonyl (C=O) groups excluding carboxylic acids is 1. The Kier molecular flexibility index (Phi) is 7.50. The second-order valence-electron chi connectivity index (χ2n) is 5.47. The SMILES string of the molecule is O=C(CCc1ccc(O)cc1)NCC(=S)NCc1ccc(Cl)c(Cl)c1. The molecule has 4 nitrogen and oxygen atoms in total. The summed E-state index contributed by atoms with van der Waals surface area (Å²) in [5.41, 5.74) is 1.95. The molecule has 0 saturated carbocycles. The van der Waals surface area contributed by atoms with Crippen molar-refractivity contribution < 1.29 is 9.90 Å². The zero-order valence-electron chi connectivity index (χ0n) is 13.4. The van der Waals surface area contributed by atoms with Crippen molar-refractivity contribution in [2.45, 2.75) is 19.4 Å². The molecule has 2 rings (SSSR count). The summed E-state index contributed by atoms with van der Waals surface area (Å²) in [5.74, 6) is 0.137. The number of rotatable bonds is 7. The van der Waals surface area contributed by atoms with Crippen LogP contribution >= 0.6 is 35.4 Å². The molecule has 1 amide bonds. The molecular weight excluding hydrogens is 379 g/mol. The normalized spacial score (nSPS) is 10.3. The standard InChI is InChI=1S/C18H18Cl2N2O2S/c19-15-7-3-13(9-16(15)20)10-22-18(25)11-21-17(24)8-4-12-1-5-14(23)6-2-12/h1-3,5-7,9,23H,4,8,10-11H2,(H,21,24)(H,22,25). The average molecular weight is 397 g/mol. The van der Waals surface area contributed by atoms with Gasteiger partial charge in [-0.25, -0.2) is 0 Å². The number of thiocarbonyl (C=S) groups is 1. The third-order valence-electron chi connectivity index (χ3n) is 3.50. The first-order valence-corrected chi connectivity index (χ1v) is 8.85. The number of amides is 1. The number of phenolic OH excluding ortho intramolecular Hbond substituents is 1. The lowest BCUT2D eigenvalue weighted by Gasteiger charge is -2.10. The second kappa shape index (κ2) is 9.61. The van der Waals surface area contributed by atoms with Crippen LogP contribution in [0.4, 0.5) is 0 Å². The smallest absolute Gasteiger partial charge is 0.220 e. The first-order chi connectivity index (χ1) is 11.9. The third-order valence-corrected chi connectivity index (χ3v) is 4.52. The molecule has 3 N–H and O–H groups in total. The van der Waals surface area contributed by atoms with E-state index in [0.29, 0.717) is 34.4 Å². The first-order valence-electron chi connectivity index (χ1n) is 7.69. The number of phenols is 1. The molecule has 0 aromatic heterocycles. The Labute approximate surface area is 162 Å².